The molecule has 0 spiro atoms. The molecule has 1 amide bonds. The molecule has 21 heavy (non-hydrogen) atoms. The highest BCUT2D eigenvalue weighted by molar-refractivity contribution is 7.92. The Labute approximate surface area is 125 Å². The second kappa shape index (κ2) is 6.47. The lowest BCUT2D eigenvalue weighted by molar-refractivity contribution is -0.113. The third kappa shape index (κ3) is 4.74. The topological polar surface area (TPSA) is 89.3 Å². The second-order valence-electron chi connectivity index (χ2n) is 5.83. The molecule has 116 valence electrons. The molecule has 1 aromatic carbocycles. The van der Waals surface area contributed by atoms with E-state index in [0.29, 0.717) is 11.4 Å². The average molecular weight is 310 g/mol. The van der Waals surface area contributed by atoms with Crippen molar-refractivity contribution < 1.29 is 13.2 Å². The summed E-state index contributed by atoms with van der Waals surface area (Å²) in [6, 6.07) is 5.10. The SMILES string of the molecule is Cc1cc(N)ccc1NC(=O)CS(=O)(=O)CC1CCCC1. The predicted octanol–water partition coefficient (Wildman–Crippen LogP) is 2.12. The molecule has 0 radical (unpaired) electrons. The number of benzene rings is 1. The number of aryl methyl sites for hydroxylation is 1. The second-order valence-corrected chi connectivity index (χ2v) is 7.94. The number of sulfone groups is 1. The fourth-order valence-electron chi connectivity index (χ4n) is 2.81. The van der Waals surface area contributed by atoms with E-state index in [2.05, 4.69) is 5.32 Å². The maximum Gasteiger partial charge on any atom is 0.239 e. The van der Waals surface area contributed by atoms with E-state index in [0.717, 1.165) is 31.2 Å². The van der Waals surface area contributed by atoms with Crippen LogP contribution in [0.25, 0.3) is 0 Å². The molecule has 3 N–H and O–H groups in total. The molecule has 1 aromatic rings. The summed E-state index contributed by atoms with van der Waals surface area (Å²) < 4.78 is 24.1. The van der Waals surface area contributed by atoms with Crippen molar-refractivity contribution in [1.82, 2.24) is 0 Å². The highest BCUT2D eigenvalue weighted by Crippen LogP contribution is 2.26. The predicted molar refractivity (Wildman–Crippen MR) is 84.8 cm³/mol. The summed E-state index contributed by atoms with van der Waals surface area (Å²) in [5, 5.41) is 2.64. The summed E-state index contributed by atoms with van der Waals surface area (Å²) >= 11 is 0. The summed E-state index contributed by atoms with van der Waals surface area (Å²) in [4.78, 5) is 11.9. The maximum absolute atomic E-state index is 12.0. The molecule has 1 fully saturated rings. The summed E-state index contributed by atoms with van der Waals surface area (Å²) in [6.45, 7) is 1.82. The standard InChI is InChI=1S/C15H22N2O3S/c1-11-8-13(16)6-7-14(11)17-15(18)10-21(19,20)9-12-4-2-3-5-12/h6-8,12H,2-5,9-10,16H2,1H3,(H,17,18). The molecule has 1 saturated carbocycles. The lowest BCUT2D eigenvalue weighted by Gasteiger charge is -2.11. The molecule has 0 aromatic heterocycles. The molecule has 1 aliphatic rings. The number of rotatable bonds is 5. The highest BCUT2D eigenvalue weighted by atomic mass is 32.2. The highest BCUT2D eigenvalue weighted by Gasteiger charge is 2.24. The van der Waals surface area contributed by atoms with Crippen LogP contribution in [0.4, 0.5) is 11.4 Å². The van der Waals surface area contributed by atoms with Crippen LogP contribution in [0, 0.1) is 12.8 Å². The van der Waals surface area contributed by atoms with E-state index in [4.69, 9.17) is 5.73 Å². The van der Waals surface area contributed by atoms with Crippen LogP contribution >= 0.6 is 0 Å². The molecule has 0 unspecified atom stereocenters. The van der Waals surface area contributed by atoms with Crippen molar-refractivity contribution in [1.29, 1.82) is 0 Å². The molecule has 0 bridgehead atoms. The minimum Gasteiger partial charge on any atom is -0.399 e. The van der Waals surface area contributed by atoms with E-state index < -0.39 is 21.5 Å². The lowest BCUT2D eigenvalue weighted by Crippen LogP contribution is -2.27. The monoisotopic (exact) mass is 310 g/mol. The van der Waals surface area contributed by atoms with Gasteiger partial charge in [-0.2, -0.15) is 0 Å². The number of hydrogen-bond acceptors (Lipinski definition) is 4. The zero-order chi connectivity index (χ0) is 15.5. The van der Waals surface area contributed by atoms with Crippen LogP contribution in [0.2, 0.25) is 0 Å². The van der Waals surface area contributed by atoms with E-state index >= 15 is 0 Å². The van der Waals surface area contributed by atoms with Crippen LogP contribution in [-0.4, -0.2) is 25.8 Å². The van der Waals surface area contributed by atoms with E-state index in [1.165, 1.54) is 0 Å². The first-order valence-electron chi connectivity index (χ1n) is 7.22. The van der Waals surface area contributed by atoms with Gasteiger partial charge >= 0.3 is 0 Å². The Morgan fingerprint density at radius 2 is 2.00 bits per heavy atom. The van der Waals surface area contributed by atoms with Crippen molar-refractivity contribution in [2.75, 3.05) is 22.6 Å². The number of nitrogen functional groups attached to an aromatic ring is 1. The fourth-order valence-corrected chi connectivity index (χ4v) is 4.45. The molecule has 6 heteroatoms. The molecule has 1 aliphatic carbocycles. The van der Waals surface area contributed by atoms with Crippen LogP contribution in [0.3, 0.4) is 0 Å². The van der Waals surface area contributed by atoms with Crippen molar-refractivity contribution in [2.24, 2.45) is 5.92 Å². The van der Waals surface area contributed by atoms with Crippen LogP contribution in [0.15, 0.2) is 18.2 Å². The van der Waals surface area contributed by atoms with Gasteiger partial charge in [-0.3, -0.25) is 4.79 Å². The first kappa shape index (κ1) is 15.8. The summed E-state index contributed by atoms with van der Waals surface area (Å²) in [5.74, 6) is -0.587. The molecule has 0 heterocycles. The van der Waals surface area contributed by atoms with Crippen LogP contribution < -0.4 is 11.1 Å². The normalized spacial score (nSPS) is 16.0. The molecular formula is C15H22N2O3S. The quantitative estimate of drug-likeness (QED) is 0.815. The molecule has 0 saturated heterocycles. The molecule has 0 aliphatic heterocycles. The Morgan fingerprint density at radius 1 is 1.33 bits per heavy atom. The van der Waals surface area contributed by atoms with Crippen molar-refractivity contribution in [3.05, 3.63) is 23.8 Å². The fraction of sp³-hybridized carbons (Fsp3) is 0.533. The van der Waals surface area contributed by atoms with Gasteiger partial charge in [-0.25, -0.2) is 8.42 Å². The van der Waals surface area contributed by atoms with Gasteiger partial charge in [0.1, 0.15) is 5.75 Å². The van der Waals surface area contributed by atoms with Gasteiger partial charge in [-0.05, 0) is 49.4 Å². The van der Waals surface area contributed by atoms with Gasteiger partial charge in [-0.15, -0.1) is 0 Å². The number of nitrogens with one attached hydrogen (secondary N) is 1. The molecule has 2 rings (SSSR count). The number of amides is 1. The van der Waals surface area contributed by atoms with Crippen molar-refractivity contribution in [2.45, 2.75) is 32.6 Å². The summed E-state index contributed by atoms with van der Waals surface area (Å²) in [7, 11) is -3.34. The van der Waals surface area contributed by atoms with Crippen molar-refractivity contribution >= 4 is 27.1 Å². The van der Waals surface area contributed by atoms with Gasteiger partial charge in [0.2, 0.25) is 5.91 Å². The Balaban J connectivity index is 1.94. The average Bonchev–Trinajstić information content (AvgIpc) is 2.84. The Hall–Kier alpha value is -1.56. The Kier molecular flexibility index (Phi) is 4.88. The number of carbonyl (C=O) groups excluding carboxylic acids is 1. The van der Waals surface area contributed by atoms with E-state index in [1.807, 2.05) is 6.92 Å². The van der Waals surface area contributed by atoms with Crippen LogP contribution in [0.5, 0.6) is 0 Å². The molecule has 5 nitrogen and oxygen atoms in total. The number of hydrogen-bond donors (Lipinski definition) is 2. The summed E-state index contributed by atoms with van der Waals surface area (Å²) in [5.41, 5.74) is 7.67. The largest absolute Gasteiger partial charge is 0.399 e. The Bertz CT molecular complexity index is 620. The maximum atomic E-state index is 12.0. The molecular weight excluding hydrogens is 288 g/mol. The summed E-state index contributed by atoms with van der Waals surface area (Å²) in [6.07, 6.45) is 4.10. The number of carbonyl (C=O) groups is 1. The van der Waals surface area contributed by atoms with E-state index in [1.54, 1.807) is 18.2 Å². The van der Waals surface area contributed by atoms with E-state index in [-0.39, 0.29) is 11.7 Å². The first-order valence-corrected chi connectivity index (χ1v) is 9.04. The minimum atomic E-state index is -3.34. The number of nitrogens with two attached hydrogens (primary N) is 1. The third-order valence-electron chi connectivity index (χ3n) is 3.84. The zero-order valence-corrected chi connectivity index (χ0v) is 13.1. The zero-order valence-electron chi connectivity index (χ0n) is 12.3. The van der Waals surface area contributed by atoms with Gasteiger partial charge in [0.05, 0.1) is 5.75 Å². The van der Waals surface area contributed by atoms with Crippen molar-refractivity contribution in [3.8, 4) is 0 Å². The van der Waals surface area contributed by atoms with E-state index in [9.17, 15) is 13.2 Å². The van der Waals surface area contributed by atoms with Gasteiger partial charge in [0.15, 0.2) is 9.84 Å². The Morgan fingerprint density at radius 3 is 2.62 bits per heavy atom. The number of anilines is 2. The van der Waals surface area contributed by atoms with Gasteiger partial charge in [0.25, 0.3) is 0 Å². The lowest BCUT2D eigenvalue weighted by atomic mass is 10.1. The van der Waals surface area contributed by atoms with Gasteiger partial charge < -0.3 is 11.1 Å². The molecule has 0 atom stereocenters. The van der Waals surface area contributed by atoms with Gasteiger partial charge in [-0.1, -0.05) is 12.8 Å². The third-order valence-corrected chi connectivity index (χ3v) is 5.52. The van der Waals surface area contributed by atoms with Gasteiger partial charge in [0, 0.05) is 11.4 Å². The van der Waals surface area contributed by atoms with Crippen molar-refractivity contribution in [3.63, 3.8) is 0 Å². The van der Waals surface area contributed by atoms with Crippen LogP contribution in [0.1, 0.15) is 31.2 Å². The minimum absolute atomic E-state index is 0.126. The smallest absolute Gasteiger partial charge is 0.239 e. The first-order chi connectivity index (χ1) is 9.85. The van der Waals surface area contributed by atoms with Crippen LogP contribution in [-0.2, 0) is 14.6 Å².